The highest BCUT2D eigenvalue weighted by Gasteiger charge is 2.21. The van der Waals surface area contributed by atoms with Gasteiger partial charge in [-0.1, -0.05) is 0 Å². The van der Waals surface area contributed by atoms with Crippen molar-refractivity contribution in [2.45, 2.75) is 11.5 Å². The van der Waals surface area contributed by atoms with Crippen LogP contribution in [0.25, 0.3) is 22.3 Å². The second kappa shape index (κ2) is 8.74. The first kappa shape index (κ1) is 21.3. The molecule has 1 N–H and O–H groups in total. The lowest BCUT2D eigenvalue weighted by atomic mass is 10.1. The van der Waals surface area contributed by atoms with Gasteiger partial charge in [-0.05, 0) is 47.4 Å². The van der Waals surface area contributed by atoms with Gasteiger partial charge in [0.05, 0.1) is 24.7 Å². The fraction of sp³-hybridized carbons (Fsp3) is 0.300. The number of benzene rings is 1. The lowest BCUT2D eigenvalue weighted by Gasteiger charge is -2.28. The van der Waals surface area contributed by atoms with E-state index in [1.54, 1.807) is 6.07 Å². The molecule has 0 amide bonds. The predicted octanol–water partition coefficient (Wildman–Crippen LogP) is 3.08. The number of hydrogen-bond donors (Lipinski definition) is 1. The highest BCUT2D eigenvalue weighted by Crippen LogP contribution is 2.25. The Labute approximate surface area is 193 Å². The molecule has 166 valence electrons. The van der Waals surface area contributed by atoms with Gasteiger partial charge in [0, 0.05) is 41.8 Å². The van der Waals surface area contributed by atoms with Crippen molar-refractivity contribution in [1.82, 2.24) is 24.3 Å². The molecule has 4 aromatic rings. The van der Waals surface area contributed by atoms with Gasteiger partial charge in [-0.3, -0.25) is 0 Å². The summed E-state index contributed by atoms with van der Waals surface area (Å²) in [5.74, 6) is 0.825. The first-order valence-corrected chi connectivity index (χ1v) is 12.9. The van der Waals surface area contributed by atoms with Gasteiger partial charge in [0.15, 0.2) is 21.5 Å². The third kappa shape index (κ3) is 4.75. The van der Waals surface area contributed by atoms with Crippen LogP contribution in [0.15, 0.2) is 36.5 Å². The molecule has 0 bridgehead atoms. The summed E-state index contributed by atoms with van der Waals surface area (Å²) in [5.41, 5.74) is 2.25. The van der Waals surface area contributed by atoms with Crippen LogP contribution in [0.1, 0.15) is 11.5 Å². The van der Waals surface area contributed by atoms with Crippen molar-refractivity contribution < 1.29 is 13.2 Å². The summed E-state index contributed by atoms with van der Waals surface area (Å²) in [5, 5.41) is 1.03. The molecule has 32 heavy (non-hydrogen) atoms. The predicted molar refractivity (Wildman–Crippen MR) is 124 cm³/mol. The maximum atomic E-state index is 12.8. The maximum absolute atomic E-state index is 12.8. The molecule has 9 nitrogen and oxygen atoms in total. The first-order chi connectivity index (χ1) is 15.4. The average molecular weight is 491 g/mol. The van der Waals surface area contributed by atoms with Crippen LogP contribution in [0.3, 0.4) is 0 Å². The molecular weight excluding hydrogens is 472 g/mol. The molecule has 0 saturated carbocycles. The van der Waals surface area contributed by atoms with Crippen molar-refractivity contribution in [3.63, 3.8) is 0 Å². The molecule has 1 aliphatic heterocycles. The number of hydrogen-bond acceptors (Lipinski definition) is 9. The molecule has 0 atom stereocenters. The van der Waals surface area contributed by atoms with Crippen LogP contribution in [0, 0.1) is 0 Å². The van der Waals surface area contributed by atoms with Gasteiger partial charge in [-0.15, -0.1) is 0 Å². The first-order valence-electron chi connectivity index (χ1n) is 9.92. The number of sulfone groups is 1. The van der Waals surface area contributed by atoms with Crippen LogP contribution in [0.4, 0.5) is 5.82 Å². The van der Waals surface area contributed by atoms with E-state index in [1.807, 2.05) is 30.5 Å². The van der Waals surface area contributed by atoms with Crippen LogP contribution in [0.5, 0.6) is 0 Å². The molecule has 4 heterocycles. The third-order valence-electron chi connectivity index (χ3n) is 5.07. The van der Waals surface area contributed by atoms with E-state index >= 15 is 0 Å². The van der Waals surface area contributed by atoms with Crippen LogP contribution in [-0.2, 0) is 26.1 Å². The van der Waals surface area contributed by atoms with Crippen molar-refractivity contribution >= 4 is 49.7 Å². The van der Waals surface area contributed by atoms with Crippen molar-refractivity contribution in [3.8, 4) is 11.4 Å². The molecule has 0 unspecified atom stereocenters. The molecular formula is C20H19ClN6O3S2. The minimum absolute atomic E-state index is 0.195. The highest BCUT2D eigenvalue weighted by atomic mass is 35.5. The summed E-state index contributed by atoms with van der Waals surface area (Å²) in [6.07, 6.45) is 1.87. The monoisotopic (exact) mass is 490 g/mol. The number of aromatic amines is 1. The minimum Gasteiger partial charge on any atom is -0.378 e. The van der Waals surface area contributed by atoms with E-state index in [2.05, 4.69) is 24.2 Å². The molecule has 1 aromatic carbocycles. The number of halogens is 1. The van der Waals surface area contributed by atoms with Crippen molar-refractivity contribution in [1.29, 1.82) is 0 Å². The Kier molecular flexibility index (Phi) is 5.80. The van der Waals surface area contributed by atoms with Gasteiger partial charge in [0.25, 0.3) is 0 Å². The zero-order chi connectivity index (χ0) is 22.1. The van der Waals surface area contributed by atoms with E-state index in [1.165, 1.54) is 0 Å². The van der Waals surface area contributed by atoms with Crippen LogP contribution in [-0.4, -0.2) is 59.0 Å². The van der Waals surface area contributed by atoms with Crippen molar-refractivity contribution in [2.75, 3.05) is 31.2 Å². The molecule has 5 rings (SSSR count). The van der Waals surface area contributed by atoms with Gasteiger partial charge in [0.2, 0.25) is 4.47 Å². The van der Waals surface area contributed by atoms with Gasteiger partial charge < -0.3 is 14.6 Å². The van der Waals surface area contributed by atoms with Gasteiger partial charge in [0.1, 0.15) is 11.6 Å². The van der Waals surface area contributed by atoms with E-state index < -0.39 is 9.84 Å². The number of rotatable bonds is 6. The number of aromatic nitrogens is 5. The smallest absolute Gasteiger partial charge is 0.203 e. The standard InChI is InChI=1S/C20H19ClN6O3S2/c21-20-24-17(26-31-20)12-32(28,29)11-15-10-18(27-5-7-30-8-6-27)25-19(23-15)14-1-2-16-13(9-14)3-4-22-16/h1-4,9-10,22H,5-8,11-12H2. The van der Waals surface area contributed by atoms with Crippen LogP contribution >= 0.6 is 23.1 Å². The summed E-state index contributed by atoms with van der Waals surface area (Å²) in [6, 6.07) is 9.59. The Morgan fingerprint density at radius 3 is 2.72 bits per heavy atom. The second-order valence-electron chi connectivity index (χ2n) is 7.42. The van der Waals surface area contributed by atoms with Crippen molar-refractivity contribution in [2.24, 2.45) is 0 Å². The number of fused-ring (bicyclic) bond motifs is 1. The van der Waals surface area contributed by atoms with Gasteiger partial charge in [-0.2, -0.15) is 4.37 Å². The third-order valence-corrected chi connectivity index (χ3v) is 7.34. The zero-order valence-electron chi connectivity index (χ0n) is 16.9. The van der Waals surface area contributed by atoms with Crippen molar-refractivity contribution in [3.05, 3.63) is 52.5 Å². The molecule has 3 aromatic heterocycles. The average Bonchev–Trinajstić information content (AvgIpc) is 3.41. The Hall–Kier alpha value is -2.60. The zero-order valence-corrected chi connectivity index (χ0v) is 19.3. The van der Waals surface area contributed by atoms with E-state index in [4.69, 9.17) is 21.3 Å². The Morgan fingerprint density at radius 2 is 1.94 bits per heavy atom. The Morgan fingerprint density at radius 1 is 1.09 bits per heavy atom. The number of nitrogens with zero attached hydrogens (tertiary/aromatic N) is 5. The number of anilines is 1. The van der Waals surface area contributed by atoms with E-state index in [0.29, 0.717) is 43.6 Å². The molecule has 12 heteroatoms. The summed E-state index contributed by atoms with van der Waals surface area (Å²) in [4.78, 5) is 18.6. The maximum Gasteiger partial charge on any atom is 0.203 e. The molecule has 0 aliphatic carbocycles. The number of H-pyrrole nitrogens is 1. The van der Waals surface area contributed by atoms with Gasteiger partial charge >= 0.3 is 0 Å². The topological polar surface area (TPSA) is 114 Å². The molecule has 0 spiro atoms. The Bertz CT molecular complexity index is 1360. The summed E-state index contributed by atoms with van der Waals surface area (Å²) >= 11 is 6.76. The number of nitrogens with one attached hydrogen (secondary N) is 1. The highest BCUT2D eigenvalue weighted by molar-refractivity contribution is 7.89. The summed E-state index contributed by atoms with van der Waals surface area (Å²) in [6.45, 7) is 2.55. The second-order valence-corrected chi connectivity index (χ2v) is 10.8. The lowest BCUT2D eigenvalue weighted by Crippen LogP contribution is -2.37. The summed E-state index contributed by atoms with van der Waals surface area (Å²) in [7, 11) is -3.56. The normalized spacial score (nSPS) is 14.8. The largest absolute Gasteiger partial charge is 0.378 e. The van der Waals surface area contributed by atoms with Crippen LogP contribution < -0.4 is 4.90 Å². The fourth-order valence-corrected chi connectivity index (χ4v) is 5.54. The van der Waals surface area contributed by atoms with E-state index in [9.17, 15) is 8.42 Å². The Balaban J connectivity index is 1.51. The van der Waals surface area contributed by atoms with Crippen LogP contribution in [0.2, 0.25) is 4.47 Å². The van der Waals surface area contributed by atoms with Gasteiger partial charge in [-0.25, -0.2) is 23.4 Å². The fourth-order valence-electron chi connectivity index (χ4n) is 3.60. The minimum atomic E-state index is -3.56. The molecule has 1 aliphatic rings. The number of ether oxygens (including phenoxy) is 1. The SMILES string of the molecule is O=S(=O)(Cc1cc(N2CCOCC2)nc(-c2ccc3[nH]ccc3c2)n1)Cc1nsc(Cl)n1. The molecule has 1 fully saturated rings. The number of morpholine rings is 1. The lowest BCUT2D eigenvalue weighted by molar-refractivity contribution is 0.122. The van der Waals surface area contributed by atoms with E-state index in [0.717, 1.165) is 28.0 Å². The molecule has 0 radical (unpaired) electrons. The molecule has 1 saturated heterocycles. The summed E-state index contributed by atoms with van der Waals surface area (Å²) < 4.78 is 35.3. The quantitative estimate of drug-likeness (QED) is 0.438. The van der Waals surface area contributed by atoms with E-state index in [-0.39, 0.29) is 21.8 Å².